The molecule has 21 heavy (non-hydrogen) atoms. The van der Waals surface area contributed by atoms with Gasteiger partial charge in [-0.3, -0.25) is 0 Å². The van der Waals surface area contributed by atoms with Gasteiger partial charge < -0.3 is 14.8 Å². The van der Waals surface area contributed by atoms with Crippen molar-refractivity contribution in [3.8, 4) is 5.75 Å². The Balaban J connectivity index is 1.77. The number of pyridine rings is 1. The number of methoxy groups -OCH3 is 1. The molecule has 0 saturated heterocycles. The van der Waals surface area contributed by atoms with Crippen LogP contribution in [0.5, 0.6) is 5.75 Å². The molecule has 0 bridgehead atoms. The third-order valence-electron chi connectivity index (χ3n) is 2.84. The van der Waals surface area contributed by atoms with Crippen molar-refractivity contribution in [2.45, 2.75) is 6.42 Å². The number of esters is 1. The molecule has 1 aromatic heterocycles. The minimum atomic E-state index is -0.397. The first-order valence-corrected chi connectivity index (χ1v) is 6.76. The van der Waals surface area contributed by atoms with Crippen LogP contribution in [0.2, 0.25) is 0 Å². The van der Waals surface area contributed by atoms with E-state index in [0.717, 1.165) is 12.2 Å². The molecule has 0 amide bonds. The van der Waals surface area contributed by atoms with Crippen LogP contribution in [0.3, 0.4) is 0 Å². The highest BCUT2D eigenvalue weighted by molar-refractivity contribution is 5.94. The summed E-state index contributed by atoms with van der Waals surface area (Å²) in [5, 5.41) is 3.12. The van der Waals surface area contributed by atoms with Crippen molar-refractivity contribution < 1.29 is 14.3 Å². The van der Waals surface area contributed by atoms with Gasteiger partial charge >= 0.3 is 5.97 Å². The molecule has 0 aliphatic carbocycles. The van der Waals surface area contributed by atoms with E-state index in [9.17, 15) is 4.79 Å². The van der Waals surface area contributed by atoms with Gasteiger partial charge in [0.15, 0.2) is 0 Å². The van der Waals surface area contributed by atoms with Crippen LogP contribution in [0.1, 0.15) is 16.8 Å². The molecular weight excluding hydrogens is 268 g/mol. The second kappa shape index (κ2) is 7.89. The Morgan fingerprint density at radius 1 is 1.19 bits per heavy atom. The van der Waals surface area contributed by atoms with Crippen molar-refractivity contribution in [1.82, 2.24) is 4.98 Å². The summed E-state index contributed by atoms with van der Waals surface area (Å²) in [7, 11) is 1.35. The Morgan fingerprint density at radius 3 is 2.76 bits per heavy atom. The van der Waals surface area contributed by atoms with Crippen molar-refractivity contribution in [2.24, 2.45) is 0 Å². The first-order chi connectivity index (χ1) is 10.3. The molecular formula is C16H18N2O3. The van der Waals surface area contributed by atoms with Crippen molar-refractivity contribution >= 4 is 11.8 Å². The number of carbonyl (C=O) groups excluding carboxylic acids is 1. The fraction of sp³-hybridized carbons (Fsp3) is 0.250. The molecule has 5 heteroatoms. The molecule has 0 atom stereocenters. The molecule has 5 nitrogen and oxygen atoms in total. The van der Waals surface area contributed by atoms with Crippen LogP contribution in [-0.2, 0) is 4.74 Å². The monoisotopic (exact) mass is 286 g/mol. The third kappa shape index (κ3) is 4.49. The SMILES string of the molecule is COC(=O)c1cccnc1NCCCOc1ccccc1. The first-order valence-electron chi connectivity index (χ1n) is 6.76. The maximum atomic E-state index is 11.6. The molecule has 110 valence electrons. The van der Waals surface area contributed by atoms with Gasteiger partial charge in [-0.2, -0.15) is 0 Å². The molecule has 0 spiro atoms. The van der Waals surface area contributed by atoms with Gasteiger partial charge in [0, 0.05) is 12.7 Å². The van der Waals surface area contributed by atoms with Crippen LogP contribution in [0.4, 0.5) is 5.82 Å². The molecule has 1 N–H and O–H groups in total. The summed E-state index contributed by atoms with van der Waals surface area (Å²) in [4.78, 5) is 15.7. The molecule has 1 aromatic carbocycles. The van der Waals surface area contributed by atoms with Gasteiger partial charge in [-0.25, -0.2) is 9.78 Å². The number of ether oxygens (including phenoxy) is 2. The Kier molecular flexibility index (Phi) is 5.58. The smallest absolute Gasteiger partial charge is 0.341 e. The Hall–Kier alpha value is -2.56. The van der Waals surface area contributed by atoms with Crippen molar-refractivity contribution in [3.63, 3.8) is 0 Å². The molecule has 1 heterocycles. The predicted octanol–water partition coefficient (Wildman–Crippen LogP) is 2.75. The second-order valence-electron chi connectivity index (χ2n) is 4.33. The summed E-state index contributed by atoms with van der Waals surface area (Å²) < 4.78 is 10.3. The number of para-hydroxylation sites is 1. The van der Waals surface area contributed by atoms with E-state index >= 15 is 0 Å². The van der Waals surface area contributed by atoms with E-state index in [1.807, 2.05) is 30.3 Å². The van der Waals surface area contributed by atoms with E-state index < -0.39 is 5.97 Å². The standard InChI is InChI=1S/C16H18N2O3/c1-20-16(19)14-9-5-10-17-15(14)18-11-6-12-21-13-7-3-2-4-8-13/h2-5,7-10H,6,11-12H2,1H3,(H,17,18). The number of hydrogen-bond donors (Lipinski definition) is 1. The normalized spacial score (nSPS) is 9.95. The van der Waals surface area contributed by atoms with E-state index in [2.05, 4.69) is 10.3 Å². The number of rotatable bonds is 7. The molecule has 0 aliphatic heterocycles. The van der Waals surface area contributed by atoms with E-state index in [1.165, 1.54) is 7.11 Å². The van der Waals surface area contributed by atoms with Crippen LogP contribution >= 0.6 is 0 Å². The highest BCUT2D eigenvalue weighted by Gasteiger charge is 2.11. The second-order valence-corrected chi connectivity index (χ2v) is 4.33. The van der Waals surface area contributed by atoms with Gasteiger partial charge in [0.1, 0.15) is 17.1 Å². The van der Waals surface area contributed by atoms with Gasteiger partial charge in [-0.1, -0.05) is 18.2 Å². The number of hydrogen-bond acceptors (Lipinski definition) is 5. The van der Waals surface area contributed by atoms with Crippen LogP contribution in [0.25, 0.3) is 0 Å². The third-order valence-corrected chi connectivity index (χ3v) is 2.84. The zero-order chi connectivity index (χ0) is 14.9. The van der Waals surface area contributed by atoms with Gasteiger partial charge in [-0.05, 0) is 30.7 Å². The van der Waals surface area contributed by atoms with Crippen LogP contribution in [0, 0.1) is 0 Å². The zero-order valence-electron chi connectivity index (χ0n) is 11.9. The highest BCUT2D eigenvalue weighted by atomic mass is 16.5. The fourth-order valence-electron chi connectivity index (χ4n) is 1.81. The number of nitrogens with one attached hydrogen (secondary N) is 1. The van der Waals surface area contributed by atoms with Gasteiger partial charge in [0.25, 0.3) is 0 Å². The van der Waals surface area contributed by atoms with Gasteiger partial charge in [0.2, 0.25) is 0 Å². The molecule has 0 fully saturated rings. The lowest BCUT2D eigenvalue weighted by molar-refractivity contribution is 0.0601. The van der Waals surface area contributed by atoms with Crippen LogP contribution in [-0.4, -0.2) is 31.2 Å². The lowest BCUT2D eigenvalue weighted by Crippen LogP contribution is -2.12. The van der Waals surface area contributed by atoms with E-state index in [0.29, 0.717) is 24.5 Å². The number of benzene rings is 1. The highest BCUT2D eigenvalue weighted by Crippen LogP contribution is 2.13. The lowest BCUT2D eigenvalue weighted by Gasteiger charge is -2.10. The van der Waals surface area contributed by atoms with Crippen LogP contribution < -0.4 is 10.1 Å². The number of nitrogens with zero attached hydrogens (tertiary/aromatic N) is 1. The zero-order valence-corrected chi connectivity index (χ0v) is 11.9. The molecule has 0 saturated carbocycles. The minimum absolute atomic E-state index is 0.397. The Bertz CT molecular complexity index is 573. The number of carbonyl (C=O) groups is 1. The summed E-state index contributed by atoms with van der Waals surface area (Å²) in [6.07, 6.45) is 2.43. The molecule has 0 aliphatic rings. The van der Waals surface area contributed by atoms with Crippen molar-refractivity contribution in [1.29, 1.82) is 0 Å². The molecule has 2 aromatic rings. The summed E-state index contributed by atoms with van der Waals surface area (Å²) in [5.74, 6) is 0.987. The fourth-order valence-corrected chi connectivity index (χ4v) is 1.81. The van der Waals surface area contributed by atoms with Gasteiger partial charge in [0.05, 0.1) is 13.7 Å². The molecule has 0 radical (unpaired) electrons. The first kappa shape index (κ1) is 14.8. The quantitative estimate of drug-likeness (QED) is 0.626. The Labute approximate surface area is 123 Å². The summed E-state index contributed by atoms with van der Waals surface area (Å²) >= 11 is 0. The average Bonchev–Trinajstić information content (AvgIpc) is 2.55. The maximum absolute atomic E-state index is 11.6. The summed E-state index contributed by atoms with van der Waals surface area (Å²) in [6, 6.07) is 13.0. The van der Waals surface area contributed by atoms with Gasteiger partial charge in [-0.15, -0.1) is 0 Å². The average molecular weight is 286 g/mol. The summed E-state index contributed by atoms with van der Waals surface area (Å²) in [6.45, 7) is 1.26. The van der Waals surface area contributed by atoms with E-state index in [-0.39, 0.29) is 0 Å². The number of aromatic nitrogens is 1. The topological polar surface area (TPSA) is 60.5 Å². The molecule has 0 unspecified atom stereocenters. The van der Waals surface area contributed by atoms with E-state index in [1.54, 1.807) is 18.3 Å². The predicted molar refractivity (Wildman–Crippen MR) is 80.6 cm³/mol. The Morgan fingerprint density at radius 2 is 2.00 bits per heavy atom. The van der Waals surface area contributed by atoms with Crippen molar-refractivity contribution in [2.75, 3.05) is 25.6 Å². The van der Waals surface area contributed by atoms with E-state index in [4.69, 9.17) is 9.47 Å². The summed E-state index contributed by atoms with van der Waals surface area (Å²) in [5.41, 5.74) is 0.434. The number of anilines is 1. The lowest BCUT2D eigenvalue weighted by atomic mass is 10.2. The maximum Gasteiger partial charge on any atom is 0.341 e. The molecule has 2 rings (SSSR count). The minimum Gasteiger partial charge on any atom is -0.494 e. The van der Waals surface area contributed by atoms with Crippen LogP contribution in [0.15, 0.2) is 48.7 Å². The van der Waals surface area contributed by atoms with Crippen molar-refractivity contribution in [3.05, 3.63) is 54.2 Å². The largest absolute Gasteiger partial charge is 0.494 e.